The Hall–Kier alpha value is -4.19. The summed E-state index contributed by atoms with van der Waals surface area (Å²) in [6, 6.07) is 27.2. The molecule has 1 aliphatic heterocycles. The Labute approximate surface area is 210 Å². The van der Waals surface area contributed by atoms with Crippen molar-refractivity contribution in [2.24, 2.45) is 0 Å². The molecule has 5 nitrogen and oxygen atoms in total. The number of aromatic nitrogens is 1. The number of para-hydroxylation sites is 2. The molecule has 1 atom stereocenters. The number of nitrogens with zero attached hydrogens (tertiary/aromatic N) is 3. The van der Waals surface area contributed by atoms with E-state index in [1.54, 1.807) is 17.0 Å². The van der Waals surface area contributed by atoms with Crippen LogP contribution in [0.15, 0.2) is 97.2 Å². The summed E-state index contributed by atoms with van der Waals surface area (Å²) >= 11 is 0. The molecule has 0 spiro atoms. The van der Waals surface area contributed by atoms with E-state index in [-0.39, 0.29) is 42.7 Å². The minimum Gasteiger partial charge on any atom is -0.331 e. The van der Waals surface area contributed by atoms with E-state index in [0.717, 1.165) is 22.6 Å². The molecule has 0 aliphatic carbocycles. The van der Waals surface area contributed by atoms with Crippen molar-refractivity contribution in [2.75, 3.05) is 11.4 Å². The molecule has 5 rings (SSSR count). The topological polar surface area (TPSA) is 45.6 Å². The van der Waals surface area contributed by atoms with E-state index in [2.05, 4.69) is 4.57 Å². The van der Waals surface area contributed by atoms with Crippen LogP contribution in [0.2, 0.25) is 0 Å². The molecule has 0 N–H and O–H groups in total. The Bertz CT molecular complexity index is 1380. The van der Waals surface area contributed by atoms with Gasteiger partial charge in [0, 0.05) is 12.2 Å². The molecular weight excluding hydrogens is 453 g/mol. The Kier molecular flexibility index (Phi) is 6.42. The molecule has 0 saturated heterocycles. The predicted molar refractivity (Wildman–Crippen MR) is 138 cm³/mol. The zero-order valence-corrected chi connectivity index (χ0v) is 20.3. The molecule has 2 amide bonds. The van der Waals surface area contributed by atoms with Crippen molar-refractivity contribution in [3.8, 4) is 5.69 Å². The maximum atomic E-state index is 14.1. The van der Waals surface area contributed by atoms with E-state index >= 15 is 0 Å². The minimum absolute atomic E-state index is 0.0595. The summed E-state index contributed by atoms with van der Waals surface area (Å²) in [5.41, 5.74) is 4.42. The maximum Gasteiger partial charge on any atom is 0.247 e. The summed E-state index contributed by atoms with van der Waals surface area (Å²) in [6.45, 7) is 3.75. The first-order valence-electron chi connectivity index (χ1n) is 12.1. The lowest BCUT2D eigenvalue weighted by Gasteiger charge is -2.40. The molecule has 36 heavy (non-hydrogen) atoms. The zero-order chi connectivity index (χ0) is 25.2. The quantitative estimate of drug-likeness (QED) is 0.363. The van der Waals surface area contributed by atoms with Gasteiger partial charge in [-0.05, 0) is 61.4 Å². The van der Waals surface area contributed by atoms with Gasteiger partial charge in [0.15, 0.2) is 0 Å². The maximum absolute atomic E-state index is 14.1. The lowest BCUT2D eigenvalue weighted by Crippen LogP contribution is -2.49. The van der Waals surface area contributed by atoms with Crippen LogP contribution in [0, 0.1) is 5.82 Å². The van der Waals surface area contributed by atoms with Crippen LogP contribution in [0.5, 0.6) is 0 Å². The van der Waals surface area contributed by atoms with E-state index in [4.69, 9.17) is 0 Å². The number of carbonyl (C=O) groups is 2. The number of rotatable bonds is 6. The molecule has 0 radical (unpaired) electrons. The highest BCUT2D eigenvalue weighted by Gasteiger charge is 2.37. The minimum atomic E-state index is -0.345. The third-order valence-corrected chi connectivity index (χ3v) is 6.62. The van der Waals surface area contributed by atoms with Gasteiger partial charge in [-0.15, -0.1) is 0 Å². The largest absolute Gasteiger partial charge is 0.331 e. The van der Waals surface area contributed by atoms with Gasteiger partial charge in [0.05, 0.1) is 23.5 Å². The number of carbonyl (C=O) groups excluding carboxylic acids is 2. The van der Waals surface area contributed by atoms with Gasteiger partial charge in [0.1, 0.15) is 18.4 Å². The summed E-state index contributed by atoms with van der Waals surface area (Å²) < 4.78 is 15.4. The SMILES string of the molecule is CC(C)N(CC(=O)N1c2ccccc2-n2cccc2C1c1ccccc1)C(=O)Cc1ccc(F)cc1. The van der Waals surface area contributed by atoms with Crippen molar-refractivity contribution in [1.82, 2.24) is 9.47 Å². The normalized spacial score (nSPS) is 14.3. The molecule has 0 bridgehead atoms. The van der Waals surface area contributed by atoms with E-state index < -0.39 is 0 Å². The molecule has 1 aromatic heterocycles. The van der Waals surface area contributed by atoms with E-state index in [9.17, 15) is 14.0 Å². The Balaban J connectivity index is 1.50. The lowest BCUT2D eigenvalue weighted by atomic mass is 9.97. The van der Waals surface area contributed by atoms with Gasteiger partial charge < -0.3 is 9.47 Å². The Morgan fingerprint density at radius 1 is 0.861 bits per heavy atom. The van der Waals surface area contributed by atoms with Gasteiger partial charge in [-0.3, -0.25) is 14.5 Å². The van der Waals surface area contributed by atoms with E-state index in [1.807, 2.05) is 91.7 Å². The molecular formula is C30H28FN3O2. The monoisotopic (exact) mass is 481 g/mol. The van der Waals surface area contributed by atoms with Crippen molar-refractivity contribution in [3.63, 3.8) is 0 Å². The smallest absolute Gasteiger partial charge is 0.247 e. The Morgan fingerprint density at radius 2 is 1.53 bits per heavy atom. The van der Waals surface area contributed by atoms with Crippen LogP contribution in [-0.4, -0.2) is 33.9 Å². The standard InChI is InChI=1S/C30H28FN3O2/c1-21(2)33(28(35)19-22-14-16-24(31)17-15-22)20-29(36)34-26-12-7-6-11-25(26)32-18-8-13-27(32)30(34)23-9-4-3-5-10-23/h3-18,21,30H,19-20H2,1-2H3. The number of hydrogen-bond donors (Lipinski definition) is 0. The average molecular weight is 482 g/mol. The Morgan fingerprint density at radius 3 is 2.22 bits per heavy atom. The molecule has 182 valence electrons. The van der Waals surface area contributed by atoms with Gasteiger partial charge in [-0.2, -0.15) is 0 Å². The first-order valence-corrected chi connectivity index (χ1v) is 12.1. The first-order chi connectivity index (χ1) is 17.4. The third-order valence-electron chi connectivity index (χ3n) is 6.62. The van der Waals surface area contributed by atoms with Crippen LogP contribution in [0.25, 0.3) is 5.69 Å². The van der Waals surface area contributed by atoms with Gasteiger partial charge in [0.2, 0.25) is 11.8 Å². The van der Waals surface area contributed by atoms with Crippen LogP contribution in [0.3, 0.4) is 0 Å². The van der Waals surface area contributed by atoms with Crippen LogP contribution < -0.4 is 4.90 Å². The first kappa shape index (κ1) is 23.5. The third kappa shape index (κ3) is 4.42. The second-order valence-corrected chi connectivity index (χ2v) is 9.29. The summed E-state index contributed by atoms with van der Waals surface area (Å²) in [5, 5.41) is 0. The van der Waals surface area contributed by atoms with Crippen LogP contribution in [0.4, 0.5) is 10.1 Å². The summed E-state index contributed by atoms with van der Waals surface area (Å²) in [6.07, 6.45) is 2.12. The van der Waals surface area contributed by atoms with E-state index in [1.165, 1.54) is 12.1 Å². The van der Waals surface area contributed by atoms with Gasteiger partial charge in [-0.1, -0.05) is 54.6 Å². The second kappa shape index (κ2) is 9.82. The molecule has 0 fully saturated rings. The van der Waals surface area contributed by atoms with Crippen molar-refractivity contribution in [2.45, 2.75) is 32.4 Å². The molecule has 1 unspecified atom stereocenters. The fourth-order valence-electron chi connectivity index (χ4n) is 4.87. The number of benzene rings is 3. The molecule has 4 aromatic rings. The van der Waals surface area contributed by atoms with E-state index in [0.29, 0.717) is 5.56 Å². The van der Waals surface area contributed by atoms with Crippen LogP contribution in [0.1, 0.15) is 36.7 Å². The average Bonchev–Trinajstić information content (AvgIpc) is 3.38. The molecule has 3 aromatic carbocycles. The lowest BCUT2D eigenvalue weighted by molar-refractivity contribution is -0.136. The summed E-state index contributed by atoms with van der Waals surface area (Å²) in [7, 11) is 0. The zero-order valence-electron chi connectivity index (χ0n) is 20.3. The van der Waals surface area contributed by atoms with Crippen molar-refractivity contribution >= 4 is 17.5 Å². The van der Waals surface area contributed by atoms with Crippen LogP contribution >= 0.6 is 0 Å². The van der Waals surface area contributed by atoms with Crippen LogP contribution in [-0.2, 0) is 16.0 Å². The molecule has 6 heteroatoms. The summed E-state index contributed by atoms with van der Waals surface area (Å²) in [5.74, 6) is -0.678. The second-order valence-electron chi connectivity index (χ2n) is 9.29. The highest BCUT2D eigenvalue weighted by atomic mass is 19.1. The van der Waals surface area contributed by atoms with Gasteiger partial charge in [-0.25, -0.2) is 4.39 Å². The van der Waals surface area contributed by atoms with Crippen molar-refractivity contribution in [1.29, 1.82) is 0 Å². The fourth-order valence-corrected chi connectivity index (χ4v) is 4.87. The summed E-state index contributed by atoms with van der Waals surface area (Å²) in [4.78, 5) is 30.8. The highest BCUT2D eigenvalue weighted by molar-refractivity contribution is 6.00. The predicted octanol–water partition coefficient (Wildman–Crippen LogP) is 5.53. The van der Waals surface area contributed by atoms with Gasteiger partial charge >= 0.3 is 0 Å². The molecule has 2 heterocycles. The van der Waals surface area contributed by atoms with Gasteiger partial charge in [0.25, 0.3) is 0 Å². The fraction of sp³-hybridized carbons (Fsp3) is 0.200. The molecule has 1 aliphatic rings. The van der Waals surface area contributed by atoms with Crippen molar-refractivity contribution in [3.05, 3.63) is 120 Å². The number of hydrogen-bond acceptors (Lipinski definition) is 2. The highest BCUT2D eigenvalue weighted by Crippen LogP contribution is 2.42. The number of halogens is 1. The number of fused-ring (bicyclic) bond motifs is 3. The number of anilines is 1. The molecule has 0 saturated carbocycles. The van der Waals surface area contributed by atoms with Crippen molar-refractivity contribution < 1.29 is 14.0 Å². The number of amides is 2.